The maximum atomic E-state index is 12.1. The van der Waals surface area contributed by atoms with Crippen LogP contribution in [0.1, 0.15) is 26.3 Å². The highest BCUT2D eigenvalue weighted by Gasteiger charge is 2.20. The van der Waals surface area contributed by atoms with Crippen molar-refractivity contribution in [3.8, 4) is 0 Å². The van der Waals surface area contributed by atoms with Crippen molar-refractivity contribution in [1.29, 1.82) is 0 Å². The van der Waals surface area contributed by atoms with E-state index in [4.69, 9.17) is 0 Å². The lowest BCUT2D eigenvalue weighted by Crippen LogP contribution is -2.44. The lowest BCUT2D eigenvalue weighted by molar-refractivity contribution is -0.132. The van der Waals surface area contributed by atoms with Gasteiger partial charge in [0.05, 0.1) is 12.1 Å². The van der Waals surface area contributed by atoms with Crippen molar-refractivity contribution in [3.63, 3.8) is 0 Å². The molecule has 108 valence electrons. The first kappa shape index (κ1) is 16.1. The Bertz CT molecular complexity index is 385. The van der Waals surface area contributed by atoms with E-state index in [-0.39, 0.29) is 5.91 Å². The molecular weight excluding hydrogens is 260 g/mol. The summed E-state index contributed by atoms with van der Waals surface area (Å²) >= 11 is 1.64. The van der Waals surface area contributed by atoms with Crippen molar-refractivity contribution >= 4 is 17.2 Å². The molecule has 0 radical (unpaired) electrons. The van der Waals surface area contributed by atoms with Gasteiger partial charge in [0.2, 0.25) is 5.91 Å². The molecule has 4 nitrogen and oxygen atoms in total. The van der Waals surface area contributed by atoms with Gasteiger partial charge in [-0.3, -0.25) is 9.69 Å². The van der Waals surface area contributed by atoms with Gasteiger partial charge in [-0.2, -0.15) is 11.3 Å². The molecule has 1 heterocycles. The van der Waals surface area contributed by atoms with Crippen LogP contribution < -0.4 is 0 Å². The van der Waals surface area contributed by atoms with E-state index in [0.717, 1.165) is 12.1 Å². The van der Waals surface area contributed by atoms with Crippen molar-refractivity contribution in [2.45, 2.75) is 32.9 Å². The lowest BCUT2D eigenvalue weighted by atomic mass is 10.1. The average Bonchev–Trinajstić information content (AvgIpc) is 2.78. The second-order valence-corrected chi connectivity index (χ2v) is 6.28. The molecule has 1 N–H and O–H groups in total. The zero-order valence-electron chi connectivity index (χ0n) is 12.2. The summed E-state index contributed by atoms with van der Waals surface area (Å²) in [7, 11) is 1.82. The number of amides is 1. The SMILES string of the molecule is CCN(CC(=O)N(C)Cc1ccsc1)CC(C)(C)O. The van der Waals surface area contributed by atoms with Gasteiger partial charge in [0.1, 0.15) is 0 Å². The minimum atomic E-state index is -0.776. The lowest BCUT2D eigenvalue weighted by Gasteiger charge is -2.29. The minimum absolute atomic E-state index is 0.0808. The van der Waals surface area contributed by atoms with Gasteiger partial charge in [0.15, 0.2) is 0 Å². The fourth-order valence-electron chi connectivity index (χ4n) is 1.88. The number of nitrogens with zero attached hydrogens (tertiary/aromatic N) is 2. The Morgan fingerprint density at radius 3 is 2.63 bits per heavy atom. The third kappa shape index (κ3) is 6.18. The van der Waals surface area contributed by atoms with E-state index in [2.05, 4.69) is 5.38 Å². The van der Waals surface area contributed by atoms with Gasteiger partial charge in [0.25, 0.3) is 0 Å². The predicted octanol–water partition coefficient (Wildman–Crippen LogP) is 1.80. The standard InChI is InChI=1S/C14H24N2O2S/c1-5-16(11-14(2,3)18)9-13(17)15(4)8-12-6-7-19-10-12/h6-7,10,18H,5,8-9,11H2,1-4H3. The Hall–Kier alpha value is -0.910. The summed E-state index contributed by atoms with van der Waals surface area (Å²) in [6.45, 7) is 7.76. The highest BCUT2D eigenvalue weighted by Crippen LogP contribution is 2.09. The predicted molar refractivity (Wildman–Crippen MR) is 79.2 cm³/mol. The van der Waals surface area contributed by atoms with E-state index < -0.39 is 5.60 Å². The summed E-state index contributed by atoms with van der Waals surface area (Å²) in [4.78, 5) is 15.8. The molecule has 5 heteroatoms. The summed E-state index contributed by atoms with van der Waals surface area (Å²) in [6, 6.07) is 2.03. The van der Waals surface area contributed by atoms with Crippen molar-refractivity contribution in [2.24, 2.45) is 0 Å². The number of hydrogen-bond donors (Lipinski definition) is 1. The number of aliphatic hydroxyl groups is 1. The van der Waals surface area contributed by atoms with Gasteiger partial charge in [-0.05, 0) is 42.8 Å². The summed E-state index contributed by atoms with van der Waals surface area (Å²) in [5, 5.41) is 13.9. The third-order valence-corrected chi connectivity index (χ3v) is 3.57. The molecule has 0 unspecified atom stereocenters. The van der Waals surface area contributed by atoms with Gasteiger partial charge in [-0.15, -0.1) is 0 Å². The zero-order valence-corrected chi connectivity index (χ0v) is 13.0. The van der Waals surface area contributed by atoms with Gasteiger partial charge in [-0.1, -0.05) is 6.92 Å². The molecule has 1 aromatic rings. The van der Waals surface area contributed by atoms with E-state index in [1.165, 1.54) is 0 Å². The van der Waals surface area contributed by atoms with E-state index >= 15 is 0 Å². The largest absolute Gasteiger partial charge is 0.389 e. The molecular formula is C14H24N2O2S. The van der Waals surface area contributed by atoms with Crippen LogP contribution in [-0.2, 0) is 11.3 Å². The van der Waals surface area contributed by atoms with Gasteiger partial charge < -0.3 is 10.0 Å². The summed E-state index contributed by atoms with van der Waals surface area (Å²) in [6.07, 6.45) is 0. The van der Waals surface area contributed by atoms with E-state index in [1.807, 2.05) is 30.3 Å². The van der Waals surface area contributed by atoms with Gasteiger partial charge in [0, 0.05) is 20.1 Å². The molecule has 1 amide bonds. The molecule has 0 spiro atoms. The van der Waals surface area contributed by atoms with Crippen LogP contribution in [0.2, 0.25) is 0 Å². The molecule has 0 aliphatic rings. The number of likely N-dealkylation sites (N-methyl/N-ethyl adjacent to an activating group) is 2. The van der Waals surface area contributed by atoms with Gasteiger partial charge >= 0.3 is 0 Å². The molecule has 0 saturated carbocycles. The van der Waals surface area contributed by atoms with Crippen molar-refractivity contribution in [3.05, 3.63) is 22.4 Å². The fourth-order valence-corrected chi connectivity index (χ4v) is 2.54. The highest BCUT2D eigenvalue weighted by molar-refractivity contribution is 7.07. The Labute approximate surface area is 119 Å². The first-order valence-corrected chi connectivity index (χ1v) is 7.46. The van der Waals surface area contributed by atoms with Crippen molar-refractivity contribution < 1.29 is 9.90 Å². The molecule has 19 heavy (non-hydrogen) atoms. The number of carbonyl (C=O) groups is 1. The van der Waals surface area contributed by atoms with Crippen LogP contribution in [0.5, 0.6) is 0 Å². The third-order valence-electron chi connectivity index (χ3n) is 2.84. The van der Waals surface area contributed by atoms with E-state index in [0.29, 0.717) is 19.6 Å². The number of rotatable bonds is 7. The van der Waals surface area contributed by atoms with Crippen molar-refractivity contribution in [1.82, 2.24) is 9.80 Å². The maximum Gasteiger partial charge on any atom is 0.236 e. The smallest absolute Gasteiger partial charge is 0.236 e. The molecule has 0 aliphatic carbocycles. The monoisotopic (exact) mass is 284 g/mol. The first-order chi connectivity index (χ1) is 8.81. The van der Waals surface area contributed by atoms with Gasteiger partial charge in [-0.25, -0.2) is 0 Å². The first-order valence-electron chi connectivity index (χ1n) is 6.51. The average molecular weight is 284 g/mol. The van der Waals surface area contributed by atoms with Crippen molar-refractivity contribution in [2.75, 3.05) is 26.7 Å². The molecule has 0 bridgehead atoms. The van der Waals surface area contributed by atoms with Crippen LogP contribution in [0.15, 0.2) is 16.8 Å². The summed E-state index contributed by atoms with van der Waals surface area (Å²) in [5.41, 5.74) is 0.383. The molecule has 0 fully saturated rings. The topological polar surface area (TPSA) is 43.8 Å². The normalized spacial score (nSPS) is 11.9. The van der Waals surface area contributed by atoms with E-state index in [9.17, 15) is 9.90 Å². The highest BCUT2D eigenvalue weighted by atomic mass is 32.1. The van der Waals surface area contributed by atoms with Crippen LogP contribution in [0.4, 0.5) is 0 Å². The molecule has 1 aromatic heterocycles. The molecule has 0 aromatic carbocycles. The molecule has 1 rings (SSSR count). The Kier molecular flexibility index (Phi) is 5.97. The zero-order chi connectivity index (χ0) is 14.5. The summed E-state index contributed by atoms with van der Waals surface area (Å²) < 4.78 is 0. The van der Waals surface area contributed by atoms with Crippen LogP contribution >= 0.6 is 11.3 Å². The molecule has 0 atom stereocenters. The van der Waals surface area contributed by atoms with Crippen LogP contribution in [0, 0.1) is 0 Å². The Morgan fingerprint density at radius 1 is 1.47 bits per heavy atom. The Morgan fingerprint density at radius 2 is 2.16 bits per heavy atom. The quantitative estimate of drug-likeness (QED) is 0.830. The number of hydrogen-bond acceptors (Lipinski definition) is 4. The Balaban J connectivity index is 2.47. The second-order valence-electron chi connectivity index (χ2n) is 5.50. The van der Waals surface area contributed by atoms with Crippen LogP contribution in [0.3, 0.4) is 0 Å². The maximum absolute atomic E-state index is 12.1. The minimum Gasteiger partial charge on any atom is -0.389 e. The number of thiophene rings is 1. The molecule has 0 aliphatic heterocycles. The molecule has 0 saturated heterocycles. The van der Waals surface area contributed by atoms with Crippen LogP contribution in [-0.4, -0.2) is 53.1 Å². The van der Waals surface area contributed by atoms with E-state index in [1.54, 1.807) is 30.1 Å². The van der Waals surface area contributed by atoms with Crippen LogP contribution in [0.25, 0.3) is 0 Å². The fraction of sp³-hybridized carbons (Fsp3) is 0.643. The number of carbonyl (C=O) groups excluding carboxylic acids is 1. The second kappa shape index (κ2) is 7.03. The summed E-state index contributed by atoms with van der Waals surface area (Å²) in [5.74, 6) is 0.0808.